The number of methoxy groups -OCH3 is 2. The summed E-state index contributed by atoms with van der Waals surface area (Å²) in [6.45, 7) is 3.50. The molecule has 94 valence electrons. The van der Waals surface area contributed by atoms with Gasteiger partial charge in [0.1, 0.15) is 0 Å². The molecule has 0 heterocycles. The highest BCUT2D eigenvalue weighted by Gasteiger charge is 2.23. The number of hydrogen-bond acceptors (Lipinski definition) is 4. The zero-order chi connectivity index (χ0) is 12.8. The molecule has 0 aliphatic carbocycles. The van der Waals surface area contributed by atoms with Crippen molar-refractivity contribution < 1.29 is 24.2 Å². The van der Waals surface area contributed by atoms with Crippen LogP contribution < -0.4 is 5.32 Å². The van der Waals surface area contributed by atoms with Crippen LogP contribution in [0.25, 0.3) is 0 Å². The van der Waals surface area contributed by atoms with Gasteiger partial charge in [0.2, 0.25) is 5.91 Å². The maximum atomic E-state index is 11.4. The van der Waals surface area contributed by atoms with Crippen LogP contribution in [-0.2, 0) is 19.1 Å². The van der Waals surface area contributed by atoms with Crippen LogP contribution in [0.2, 0.25) is 0 Å². The van der Waals surface area contributed by atoms with Crippen LogP contribution in [0.15, 0.2) is 0 Å². The van der Waals surface area contributed by atoms with Crippen molar-refractivity contribution in [2.75, 3.05) is 20.8 Å². The molecular formula is C10H19NO5. The second-order valence-electron chi connectivity index (χ2n) is 4.01. The monoisotopic (exact) mass is 233 g/mol. The summed E-state index contributed by atoms with van der Waals surface area (Å²) in [7, 11) is 2.80. The molecule has 0 aromatic carbocycles. The van der Waals surface area contributed by atoms with Gasteiger partial charge in [0.15, 0.2) is 6.10 Å². The van der Waals surface area contributed by atoms with Gasteiger partial charge in [-0.25, -0.2) is 4.79 Å². The Morgan fingerprint density at radius 3 is 2.31 bits per heavy atom. The molecule has 0 bridgehead atoms. The molecule has 1 unspecified atom stereocenters. The van der Waals surface area contributed by atoms with Crippen molar-refractivity contribution in [3.8, 4) is 0 Å². The molecule has 0 fully saturated rings. The molecule has 0 rings (SSSR count). The largest absolute Gasteiger partial charge is 0.479 e. The highest BCUT2D eigenvalue weighted by molar-refractivity contribution is 5.78. The van der Waals surface area contributed by atoms with Crippen LogP contribution in [0.1, 0.15) is 20.3 Å². The summed E-state index contributed by atoms with van der Waals surface area (Å²) in [5, 5.41) is 11.1. The van der Waals surface area contributed by atoms with Crippen LogP contribution in [0.4, 0.5) is 0 Å². The van der Waals surface area contributed by atoms with Crippen LogP contribution in [0.3, 0.4) is 0 Å². The Morgan fingerprint density at radius 2 is 1.94 bits per heavy atom. The number of aliphatic carboxylic acids is 1. The second kappa shape index (κ2) is 6.44. The molecule has 0 saturated heterocycles. The molecule has 1 amide bonds. The molecule has 6 nitrogen and oxygen atoms in total. The Hall–Kier alpha value is -1.14. The van der Waals surface area contributed by atoms with Crippen molar-refractivity contribution in [1.29, 1.82) is 0 Å². The van der Waals surface area contributed by atoms with Gasteiger partial charge in [-0.15, -0.1) is 0 Å². The molecule has 6 heteroatoms. The van der Waals surface area contributed by atoms with E-state index in [1.54, 1.807) is 13.8 Å². The topological polar surface area (TPSA) is 84.9 Å². The minimum Gasteiger partial charge on any atom is -0.479 e. The summed E-state index contributed by atoms with van der Waals surface area (Å²) < 4.78 is 9.75. The highest BCUT2D eigenvalue weighted by atomic mass is 16.5. The van der Waals surface area contributed by atoms with Gasteiger partial charge >= 0.3 is 5.97 Å². The summed E-state index contributed by atoms with van der Waals surface area (Å²) in [5.41, 5.74) is -0.560. The normalized spacial score (nSPS) is 13.2. The van der Waals surface area contributed by atoms with Crippen molar-refractivity contribution >= 4 is 11.9 Å². The SMILES string of the molecule is COC(CNC(=O)CC(C)(C)OC)C(=O)O. The summed E-state index contributed by atoms with van der Waals surface area (Å²) in [6, 6.07) is 0. The van der Waals surface area contributed by atoms with Crippen LogP contribution in [0.5, 0.6) is 0 Å². The van der Waals surface area contributed by atoms with E-state index < -0.39 is 17.7 Å². The van der Waals surface area contributed by atoms with E-state index in [0.717, 1.165) is 0 Å². The third-order valence-electron chi connectivity index (χ3n) is 2.18. The summed E-state index contributed by atoms with van der Waals surface area (Å²) in [4.78, 5) is 22.0. The number of nitrogens with one attached hydrogen (secondary N) is 1. The molecule has 2 N–H and O–H groups in total. The smallest absolute Gasteiger partial charge is 0.334 e. The standard InChI is InChI=1S/C10H19NO5/c1-10(2,16-4)5-8(12)11-6-7(15-3)9(13)14/h7H,5-6H2,1-4H3,(H,11,12)(H,13,14). The average molecular weight is 233 g/mol. The van der Waals surface area contributed by atoms with Gasteiger partial charge in [-0.05, 0) is 13.8 Å². The summed E-state index contributed by atoms with van der Waals surface area (Å²) in [5.74, 6) is -1.37. The third-order valence-corrected chi connectivity index (χ3v) is 2.18. The molecular weight excluding hydrogens is 214 g/mol. The molecule has 0 aromatic heterocycles. The molecule has 0 aromatic rings. The van der Waals surface area contributed by atoms with Crippen molar-refractivity contribution in [1.82, 2.24) is 5.32 Å². The van der Waals surface area contributed by atoms with Gasteiger partial charge in [0, 0.05) is 14.2 Å². The summed E-state index contributed by atoms with van der Waals surface area (Å²) >= 11 is 0. The van der Waals surface area contributed by atoms with Gasteiger partial charge in [0.05, 0.1) is 18.6 Å². The predicted octanol–water partition coefficient (Wildman–Crippen LogP) is 0.0173. The van der Waals surface area contributed by atoms with Gasteiger partial charge in [-0.1, -0.05) is 0 Å². The number of amides is 1. The van der Waals surface area contributed by atoms with Gasteiger partial charge in [0.25, 0.3) is 0 Å². The van der Waals surface area contributed by atoms with E-state index in [1.165, 1.54) is 14.2 Å². The van der Waals surface area contributed by atoms with Gasteiger partial charge < -0.3 is 19.9 Å². The summed E-state index contributed by atoms with van der Waals surface area (Å²) in [6.07, 6.45) is -0.853. The Balaban J connectivity index is 4.03. The average Bonchev–Trinajstić information content (AvgIpc) is 2.17. The first kappa shape index (κ1) is 14.9. The Kier molecular flexibility index (Phi) is 5.98. The number of hydrogen-bond donors (Lipinski definition) is 2. The molecule has 0 spiro atoms. The Morgan fingerprint density at radius 1 is 1.38 bits per heavy atom. The van der Waals surface area contributed by atoms with E-state index in [9.17, 15) is 9.59 Å². The minimum atomic E-state index is -1.10. The molecule has 16 heavy (non-hydrogen) atoms. The number of carbonyl (C=O) groups is 2. The lowest BCUT2D eigenvalue weighted by molar-refractivity contribution is -0.148. The van der Waals surface area contributed by atoms with E-state index in [-0.39, 0.29) is 18.9 Å². The van der Waals surface area contributed by atoms with E-state index in [2.05, 4.69) is 10.1 Å². The number of ether oxygens (including phenoxy) is 2. The first-order valence-electron chi connectivity index (χ1n) is 4.90. The fraction of sp³-hybridized carbons (Fsp3) is 0.800. The third kappa shape index (κ3) is 5.67. The van der Waals surface area contributed by atoms with E-state index >= 15 is 0 Å². The Bertz CT molecular complexity index is 252. The minimum absolute atomic E-state index is 0.0511. The fourth-order valence-electron chi connectivity index (χ4n) is 0.999. The number of carbonyl (C=O) groups excluding carboxylic acids is 1. The predicted molar refractivity (Wildman–Crippen MR) is 57.1 cm³/mol. The maximum absolute atomic E-state index is 11.4. The van der Waals surface area contributed by atoms with Gasteiger partial charge in [-0.2, -0.15) is 0 Å². The number of carboxylic acid groups (broad SMARTS) is 1. The van der Waals surface area contributed by atoms with E-state index in [0.29, 0.717) is 0 Å². The zero-order valence-corrected chi connectivity index (χ0v) is 10.1. The first-order chi connectivity index (χ1) is 7.32. The molecule has 0 saturated carbocycles. The first-order valence-corrected chi connectivity index (χ1v) is 4.90. The van der Waals surface area contributed by atoms with E-state index in [4.69, 9.17) is 9.84 Å². The zero-order valence-electron chi connectivity index (χ0n) is 10.1. The second-order valence-corrected chi connectivity index (χ2v) is 4.01. The molecule has 0 aliphatic heterocycles. The lowest BCUT2D eigenvalue weighted by Crippen LogP contribution is -2.40. The fourth-order valence-corrected chi connectivity index (χ4v) is 0.999. The van der Waals surface area contributed by atoms with Crippen molar-refractivity contribution in [3.63, 3.8) is 0 Å². The van der Waals surface area contributed by atoms with Crippen molar-refractivity contribution in [3.05, 3.63) is 0 Å². The van der Waals surface area contributed by atoms with Crippen LogP contribution in [0, 0.1) is 0 Å². The molecule has 1 atom stereocenters. The number of carboxylic acids is 1. The Labute approximate surface area is 94.9 Å². The lowest BCUT2D eigenvalue weighted by atomic mass is 10.1. The van der Waals surface area contributed by atoms with Gasteiger partial charge in [-0.3, -0.25) is 4.79 Å². The molecule has 0 aliphatic rings. The highest BCUT2D eigenvalue weighted by Crippen LogP contribution is 2.12. The van der Waals surface area contributed by atoms with Crippen molar-refractivity contribution in [2.24, 2.45) is 0 Å². The quantitative estimate of drug-likeness (QED) is 0.647. The van der Waals surface area contributed by atoms with Crippen molar-refractivity contribution in [2.45, 2.75) is 32.0 Å². The number of rotatable bonds is 7. The lowest BCUT2D eigenvalue weighted by Gasteiger charge is -2.22. The van der Waals surface area contributed by atoms with E-state index in [1.807, 2.05) is 0 Å². The maximum Gasteiger partial charge on any atom is 0.334 e. The van der Waals surface area contributed by atoms with Crippen LogP contribution >= 0.6 is 0 Å². The van der Waals surface area contributed by atoms with Crippen LogP contribution in [-0.4, -0.2) is 49.5 Å². The molecule has 0 radical (unpaired) electrons.